The minimum absolute atomic E-state index is 0.631. The fourth-order valence-corrected chi connectivity index (χ4v) is 4.24. The predicted molar refractivity (Wildman–Crippen MR) is 135 cm³/mol. The molecule has 33 heavy (non-hydrogen) atoms. The van der Waals surface area contributed by atoms with Crippen LogP contribution in [0.2, 0.25) is 0 Å². The Morgan fingerprint density at radius 3 is 1.36 bits per heavy atom. The topological polar surface area (TPSA) is 18.5 Å². The van der Waals surface area contributed by atoms with E-state index in [-0.39, 0.29) is 0 Å². The predicted octanol–water partition coefficient (Wildman–Crippen LogP) is 7.38. The van der Waals surface area contributed by atoms with Gasteiger partial charge in [-0.15, -0.1) is 0 Å². The van der Waals surface area contributed by atoms with Crippen molar-refractivity contribution >= 4 is 0 Å². The lowest BCUT2D eigenvalue weighted by molar-refractivity contribution is 0.00967. The fraction of sp³-hybridized carbons (Fsp3) is 0.226. The normalized spacial score (nSPS) is 11.4. The molecule has 4 aromatic carbocycles. The number of hydrogen-bond donors (Lipinski definition) is 0. The van der Waals surface area contributed by atoms with Crippen LogP contribution in [0.5, 0.6) is 0 Å². The van der Waals surface area contributed by atoms with Crippen molar-refractivity contribution in [1.29, 1.82) is 0 Å². The third-order valence-electron chi connectivity index (χ3n) is 5.90. The van der Waals surface area contributed by atoms with Crippen LogP contribution >= 0.6 is 0 Å². The number of hydrogen-bond acceptors (Lipinski definition) is 2. The molecule has 0 bridgehead atoms. The van der Waals surface area contributed by atoms with Crippen LogP contribution in [0.1, 0.15) is 41.5 Å². The third-order valence-corrected chi connectivity index (χ3v) is 5.90. The molecule has 0 spiro atoms. The Morgan fingerprint density at radius 2 is 0.879 bits per heavy atom. The summed E-state index contributed by atoms with van der Waals surface area (Å²) in [5.41, 5.74) is 4.03. The van der Waals surface area contributed by atoms with Crippen molar-refractivity contribution in [3.63, 3.8) is 0 Å². The second-order valence-electron chi connectivity index (χ2n) is 8.23. The average Bonchev–Trinajstić information content (AvgIpc) is 2.90. The quantitative estimate of drug-likeness (QED) is 0.170. The molecule has 0 amide bonds. The maximum absolute atomic E-state index is 6.82. The second kappa shape index (κ2) is 12.2. The lowest BCUT2D eigenvalue weighted by Crippen LogP contribution is -2.33. The first-order valence-electron chi connectivity index (χ1n) is 11.8. The van der Waals surface area contributed by atoms with Crippen LogP contribution in [-0.2, 0) is 21.7 Å². The molecule has 2 heteroatoms. The molecule has 0 aromatic heterocycles. The molecule has 4 aromatic rings. The molecule has 0 heterocycles. The van der Waals surface area contributed by atoms with Crippen LogP contribution in [0.25, 0.3) is 0 Å². The van der Waals surface area contributed by atoms with E-state index in [0.717, 1.165) is 42.6 Å². The Labute approximate surface area is 197 Å². The van der Waals surface area contributed by atoms with Gasteiger partial charge >= 0.3 is 0 Å². The van der Waals surface area contributed by atoms with Crippen molar-refractivity contribution in [3.8, 4) is 0 Å². The van der Waals surface area contributed by atoms with E-state index in [4.69, 9.17) is 9.47 Å². The van der Waals surface area contributed by atoms with Crippen molar-refractivity contribution in [2.24, 2.45) is 0 Å². The summed E-state index contributed by atoms with van der Waals surface area (Å²) >= 11 is 0. The van der Waals surface area contributed by atoms with Gasteiger partial charge in [-0.1, -0.05) is 121 Å². The molecular weight excluding hydrogens is 404 g/mol. The lowest BCUT2D eigenvalue weighted by atomic mass is 9.80. The van der Waals surface area contributed by atoms with Crippen molar-refractivity contribution < 1.29 is 9.47 Å². The monoisotopic (exact) mass is 436 g/mol. The van der Waals surface area contributed by atoms with Gasteiger partial charge in [0.2, 0.25) is 0 Å². The molecule has 0 atom stereocenters. The Bertz CT molecular complexity index is 950. The van der Waals surface area contributed by atoms with Gasteiger partial charge in [-0.2, -0.15) is 0 Å². The van der Waals surface area contributed by atoms with Crippen molar-refractivity contribution in [2.75, 3.05) is 13.2 Å². The van der Waals surface area contributed by atoms with E-state index < -0.39 is 5.60 Å². The highest BCUT2D eigenvalue weighted by molar-refractivity contribution is 5.47. The Balaban J connectivity index is 1.41. The van der Waals surface area contributed by atoms with Crippen LogP contribution in [-0.4, -0.2) is 13.2 Å². The Kier molecular flexibility index (Phi) is 8.46. The van der Waals surface area contributed by atoms with E-state index in [1.807, 2.05) is 6.07 Å². The Morgan fingerprint density at radius 1 is 0.455 bits per heavy atom. The van der Waals surface area contributed by atoms with Gasteiger partial charge in [0.25, 0.3) is 0 Å². The first-order chi connectivity index (χ1) is 16.4. The van der Waals surface area contributed by atoms with Gasteiger partial charge in [-0.25, -0.2) is 0 Å². The smallest absolute Gasteiger partial charge is 0.143 e. The fourth-order valence-electron chi connectivity index (χ4n) is 4.24. The van der Waals surface area contributed by atoms with Gasteiger partial charge in [-0.3, -0.25) is 0 Å². The van der Waals surface area contributed by atoms with Crippen LogP contribution in [0.15, 0.2) is 121 Å². The minimum Gasteiger partial charge on any atom is -0.377 e. The largest absolute Gasteiger partial charge is 0.377 e. The van der Waals surface area contributed by atoms with Gasteiger partial charge in [0, 0.05) is 13.2 Å². The summed E-state index contributed by atoms with van der Waals surface area (Å²) in [6.07, 6.45) is 3.09. The molecule has 0 aliphatic carbocycles. The highest BCUT2D eigenvalue weighted by Crippen LogP contribution is 2.40. The molecular formula is C31H32O2. The van der Waals surface area contributed by atoms with Gasteiger partial charge in [0.1, 0.15) is 5.60 Å². The molecule has 0 aliphatic rings. The van der Waals surface area contributed by atoms with E-state index >= 15 is 0 Å². The standard InChI is InChI=1S/C31H32O2/c1-6-16-27(17-7-1)26-32-24-14-5-15-25-33-31(28-18-8-2-9-19-28,29-20-10-3-11-21-29)30-22-12-4-13-23-30/h1-4,6-13,16-23H,5,14-15,24-26H2. The van der Waals surface area contributed by atoms with E-state index in [1.54, 1.807) is 0 Å². The van der Waals surface area contributed by atoms with E-state index in [9.17, 15) is 0 Å². The summed E-state index contributed by atoms with van der Waals surface area (Å²) in [4.78, 5) is 0. The summed E-state index contributed by atoms with van der Waals surface area (Å²) in [5.74, 6) is 0. The summed E-state index contributed by atoms with van der Waals surface area (Å²) in [7, 11) is 0. The van der Waals surface area contributed by atoms with Crippen LogP contribution in [0.3, 0.4) is 0 Å². The highest BCUT2D eigenvalue weighted by atomic mass is 16.5. The number of benzene rings is 4. The third kappa shape index (κ3) is 5.98. The van der Waals surface area contributed by atoms with Gasteiger partial charge in [-0.05, 0) is 41.5 Å². The lowest BCUT2D eigenvalue weighted by Gasteiger charge is -2.36. The van der Waals surface area contributed by atoms with Crippen molar-refractivity contribution in [2.45, 2.75) is 31.5 Å². The van der Waals surface area contributed by atoms with E-state index in [0.29, 0.717) is 13.2 Å². The highest BCUT2D eigenvalue weighted by Gasteiger charge is 2.37. The minimum atomic E-state index is -0.631. The first-order valence-corrected chi connectivity index (χ1v) is 11.8. The molecule has 0 aliphatic heterocycles. The van der Waals surface area contributed by atoms with Crippen molar-refractivity contribution in [1.82, 2.24) is 0 Å². The van der Waals surface area contributed by atoms with E-state index in [2.05, 4.69) is 115 Å². The summed E-state index contributed by atoms with van der Waals surface area (Å²) in [5, 5.41) is 0. The second-order valence-corrected chi connectivity index (χ2v) is 8.23. The van der Waals surface area contributed by atoms with Crippen molar-refractivity contribution in [3.05, 3.63) is 144 Å². The zero-order valence-electron chi connectivity index (χ0n) is 19.1. The first kappa shape index (κ1) is 23.0. The molecule has 2 nitrogen and oxygen atoms in total. The average molecular weight is 437 g/mol. The van der Waals surface area contributed by atoms with Gasteiger partial charge in [0.15, 0.2) is 0 Å². The molecule has 0 fully saturated rings. The zero-order valence-corrected chi connectivity index (χ0v) is 19.1. The summed E-state index contributed by atoms with van der Waals surface area (Å²) in [6.45, 7) is 2.13. The number of rotatable bonds is 12. The Hall–Kier alpha value is -3.20. The summed E-state index contributed by atoms with van der Waals surface area (Å²) < 4.78 is 12.7. The number of unbranched alkanes of at least 4 members (excludes halogenated alkanes) is 2. The van der Waals surface area contributed by atoms with Crippen LogP contribution < -0.4 is 0 Å². The molecule has 0 radical (unpaired) electrons. The molecule has 0 saturated heterocycles. The maximum atomic E-state index is 6.82. The number of ether oxygens (including phenoxy) is 2. The SMILES string of the molecule is c1ccc(COCCCCCOC(c2ccccc2)(c2ccccc2)c2ccccc2)cc1. The van der Waals surface area contributed by atoms with Crippen LogP contribution in [0.4, 0.5) is 0 Å². The van der Waals surface area contributed by atoms with Gasteiger partial charge in [0.05, 0.1) is 6.61 Å². The molecule has 0 saturated carbocycles. The zero-order chi connectivity index (χ0) is 22.6. The molecule has 0 N–H and O–H groups in total. The van der Waals surface area contributed by atoms with Gasteiger partial charge < -0.3 is 9.47 Å². The summed E-state index contributed by atoms with van der Waals surface area (Å²) in [6, 6.07) is 42.0. The van der Waals surface area contributed by atoms with E-state index in [1.165, 1.54) is 5.56 Å². The maximum Gasteiger partial charge on any atom is 0.143 e. The molecule has 0 unspecified atom stereocenters. The molecule has 4 rings (SSSR count). The molecule has 168 valence electrons. The van der Waals surface area contributed by atoms with Crippen LogP contribution in [0, 0.1) is 0 Å².